The second-order valence-electron chi connectivity index (χ2n) is 5.80. The Morgan fingerprint density at radius 3 is 2.56 bits per heavy atom. The van der Waals surface area contributed by atoms with Crippen molar-refractivity contribution in [2.45, 2.75) is 32.2 Å². The highest BCUT2D eigenvalue weighted by atomic mass is 16.5. The van der Waals surface area contributed by atoms with Crippen LogP contribution in [0.3, 0.4) is 0 Å². The van der Waals surface area contributed by atoms with Crippen molar-refractivity contribution in [2.75, 3.05) is 6.54 Å². The van der Waals surface area contributed by atoms with Crippen LogP contribution in [0.5, 0.6) is 5.75 Å². The lowest BCUT2D eigenvalue weighted by atomic mass is 9.99. The quantitative estimate of drug-likeness (QED) is 0.618. The van der Waals surface area contributed by atoms with Gasteiger partial charge in [0.2, 0.25) is 0 Å². The van der Waals surface area contributed by atoms with Crippen LogP contribution in [0.4, 0.5) is 4.79 Å². The van der Waals surface area contributed by atoms with Crippen molar-refractivity contribution >= 4 is 6.09 Å². The van der Waals surface area contributed by atoms with Gasteiger partial charge in [0.05, 0.1) is 6.10 Å². The number of ether oxygens (including phenoxy) is 1. The zero-order valence-corrected chi connectivity index (χ0v) is 14.1. The first-order chi connectivity index (χ1) is 12.0. The molecule has 25 heavy (non-hydrogen) atoms. The number of phenolic OH excluding ortho intramolecular Hbond substituents is 1. The maximum Gasteiger partial charge on any atom is 0.407 e. The largest absolute Gasteiger partial charge is 0.507 e. The van der Waals surface area contributed by atoms with Gasteiger partial charge in [-0.3, -0.25) is 0 Å². The predicted molar refractivity (Wildman–Crippen MR) is 93.1 cm³/mol. The van der Waals surface area contributed by atoms with Gasteiger partial charge >= 0.3 is 6.09 Å². The first-order valence-corrected chi connectivity index (χ1v) is 8.08. The molecule has 2 aromatic rings. The average Bonchev–Trinajstić information content (AvgIpc) is 2.62. The number of nitrogens with one attached hydrogen (secondary N) is 1. The Labute approximate surface area is 146 Å². The molecule has 134 valence electrons. The molecule has 0 aliphatic heterocycles. The summed E-state index contributed by atoms with van der Waals surface area (Å²) in [6.45, 7) is 2.01. The van der Waals surface area contributed by atoms with Crippen molar-refractivity contribution in [3.8, 4) is 5.75 Å². The number of aromatic hydroxyl groups is 1. The lowest BCUT2D eigenvalue weighted by molar-refractivity contribution is 0.0123. The number of carbonyl (C=O) groups excluding carboxylic acids is 1. The molecule has 6 nitrogen and oxygen atoms in total. The van der Waals surface area contributed by atoms with Crippen molar-refractivity contribution in [3.05, 3.63) is 65.2 Å². The van der Waals surface area contributed by atoms with E-state index in [0.29, 0.717) is 5.56 Å². The van der Waals surface area contributed by atoms with E-state index in [1.54, 1.807) is 25.1 Å². The highest BCUT2D eigenvalue weighted by molar-refractivity contribution is 5.67. The molecule has 1 amide bonds. The van der Waals surface area contributed by atoms with Crippen LogP contribution in [0.25, 0.3) is 0 Å². The number of aryl methyl sites for hydroxylation is 1. The van der Waals surface area contributed by atoms with Gasteiger partial charge < -0.3 is 25.4 Å². The third-order valence-electron chi connectivity index (χ3n) is 3.87. The molecule has 0 saturated heterocycles. The molecule has 0 spiro atoms. The SMILES string of the molecule is Cc1cccc(C(O)C(O)CCNC(=O)OCc2ccccc2)c1O. The molecule has 2 aromatic carbocycles. The number of hydrogen-bond donors (Lipinski definition) is 4. The predicted octanol–water partition coefficient (Wildman–Crippen LogP) is 2.41. The highest BCUT2D eigenvalue weighted by Gasteiger charge is 2.21. The van der Waals surface area contributed by atoms with Gasteiger partial charge in [0.1, 0.15) is 18.5 Å². The van der Waals surface area contributed by atoms with Crippen LogP contribution in [0.15, 0.2) is 48.5 Å². The Kier molecular flexibility index (Phi) is 6.80. The summed E-state index contributed by atoms with van der Waals surface area (Å²) in [5.41, 5.74) is 1.76. The first kappa shape index (κ1) is 18.8. The van der Waals surface area contributed by atoms with Crippen molar-refractivity contribution < 1.29 is 24.9 Å². The summed E-state index contributed by atoms with van der Waals surface area (Å²) in [6.07, 6.45) is -2.83. The summed E-state index contributed by atoms with van der Waals surface area (Å²) in [4.78, 5) is 11.6. The maximum absolute atomic E-state index is 11.6. The molecule has 0 aliphatic carbocycles. The van der Waals surface area contributed by atoms with Gasteiger partial charge in [0.25, 0.3) is 0 Å². The fourth-order valence-electron chi connectivity index (χ4n) is 2.38. The number of aliphatic hydroxyl groups excluding tert-OH is 2. The Morgan fingerprint density at radius 2 is 1.84 bits per heavy atom. The lowest BCUT2D eigenvalue weighted by Crippen LogP contribution is -2.29. The highest BCUT2D eigenvalue weighted by Crippen LogP contribution is 2.29. The van der Waals surface area contributed by atoms with E-state index >= 15 is 0 Å². The number of phenols is 1. The van der Waals surface area contributed by atoms with E-state index in [0.717, 1.165) is 5.56 Å². The third-order valence-corrected chi connectivity index (χ3v) is 3.87. The van der Waals surface area contributed by atoms with Crippen LogP contribution in [-0.2, 0) is 11.3 Å². The monoisotopic (exact) mass is 345 g/mol. The Balaban J connectivity index is 1.75. The summed E-state index contributed by atoms with van der Waals surface area (Å²) in [6, 6.07) is 14.2. The van der Waals surface area contributed by atoms with Gasteiger partial charge in [-0.15, -0.1) is 0 Å². The molecule has 6 heteroatoms. The van der Waals surface area contributed by atoms with Gasteiger partial charge in [-0.2, -0.15) is 0 Å². The average molecular weight is 345 g/mol. The summed E-state index contributed by atoms with van der Waals surface area (Å²) >= 11 is 0. The molecule has 0 heterocycles. The van der Waals surface area contributed by atoms with Gasteiger partial charge in [-0.1, -0.05) is 48.5 Å². The molecule has 2 rings (SSSR count). The molecule has 2 atom stereocenters. The van der Waals surface area contributed by atoms with Crippen molar-refractivity contribution in [3.63, 3.8) is 0 Å². The van der Waals surface area contributed by atoms with E-state index in [2.05, 4.69) is 5.32 Å². The van der Waals surface area contributed by atoms with Gasteiger partial charge in [-0.05, 0) is 24.5 Å². The van der Waals surface area contributed by atoms with Crippen LogP contribution < -0.4 is 5.32 Å². The molecule has 0 aliphatic rings. The Morgan fingerprint density at radius 1 is 1.12 bits per heavy atom. The van der Waals surface area contributed by atoms with Crippen LogP contribution in [0.2, 0.25) is 0 Å². The molecule has 0 saturated carbocycles. The smallest absolute Gasteiger partial charge is 0.407 e. The van der Waals surface area contributed by atoms with E-state index in [1.165, 1.54) is 0 Å². The standard InChI is InChI=1S/C19H23NO5/c1-13-6-5-9-15(17(13)22)18(23)16(21)10-11-20-19(24)25-12-14-7-3-2-4-8-14/h2-9,16,18,21-23H,10-12H2,1H3,(H,20,24). The minimum Gasteiger partial charge on any atom is -0.507 e. The molecular weight excluding hydrogens is 322 g/mol. The minimum absolute atomic E-state index is 0.0377. The number of rotatable bonds is 7. The molecule has 0 radical (unpaired) electrons. The van der Waals surface area contributed by atoms with Crippen molar-refractivity contribution in [1.82, 2.24) is 5.32 Å². The minimum atomic E-state index is -1.23. The normalized spacial score (nSPS) is 13.1. The second-order valence-corrected chi connectivity index (χ2v) is 5.80. The molecule has 0 fully saturated rings. The number of benzene rings is 2. The van der Waals surface area contributed by atoms with Crippen LogP contribution >= 0.6 is 0 Å². The van der Waals surface area contributed by atoms with Crippen LogP contribution in [-0.4, -0.2) is 34.1 Å². The van der Waals surface area contributed by atoms with E-state index in [-0.39, 0.29) is 30.9 Å². The zero-order valence-electron chi connectivity index (χ0n) is 14.1. The molecule has 2 unspecified atom stereocenters. The van der Waals surface area contributed by atoms with E-state index in [9.17, 15) is 20.1 Å². The van der Waals surface area contributed by atoms with Crippen molar-refractivity contribution in [1.29, 1.82) is 0 Å². The molecule has 0 aromatic heterocycles. The van der Waals surface area contributed by atoms with Crippen molar-refractivity contribution in [2.24, 2.45) is 0 Å². The summed E-state index contributed by atoms with van der Waals surface area (Å²) in [7, 11) is 0. The van der Waals surface area contributed by atoms with E-state index in [4.69, 9.17) is 4.74 Å². The van der Waals surface area contributed by atoms with Gasteiger partial charge in [0, 0.05) is 12.1 Å². The first-order valence-electron chi connectivity index (χ1n) is 8.08. The second kappa shape index (κ2) is 9.05. The zero-order chi connectivity index (χ0) is 18.2. The number of carbonyl (C=O) groups is 1. The van der Waals surface area contributed by atoms with E-state index < -0.39 is 18.3 Å². The Bertz CT molecular complexity index is 689. The number of para-hydroxylation sites is 1. The summed E-state index contributed by atoms with van der Waals surface area (Å²) in [5.74, 6) is -0.0377. The number of alkyl carbamates (subject to hydrolysis) is 1. The maximum atomic E-state index is 11.6. The number of aliphatic hydroxyl groups is 2. The Hall–Kier alpha value is -2.57. The van der Waals surface area contributed by atoms with Gasteiger partial charge in [-0.25, -0.2) is 4.79 Å². The van der Waals surface area contributed by atoms with Crippen LogP contribution in [0, 0.1) is 6.92 Å². The fourth-order valence-corrected chi connectivity index (χ4v) is 2.38. The topological polar surface area (TPSA) is 99.0 Å². The summed E-state index contributed by atoms with van der Waals surface area (Å²) in [5, 5.41) is 32.7. The fraction of sp³-hybridized carbons (Fsp3) is 0.316. The molecular formula is C19H23NO5. The van der Waals surface area contributed by atoms with Crippen LogP contribution in [0.1, 0.15) is 29.2 Å². The molecule has 0 bridgehead atoms. The lowest BCUT2D eigenvalue weighted by Gasteiger charge is -2.20. The molecule has 4 N–H and O–H groups in total. The van der Waals surface area contributed by atoms with Gasteiger partial charge in [0.15, 0.2) is 0 Å². The number of hydrogen-bond acceptors (Lipinski definition) is 5. The summed E-state index contributed by atoms with van der Waals surface area (Å²) < 4.78 is 5.06. The number of amides is 1. The third kappa shape index (κ3) is 5.48. The van der Waals surface area contributed by atoms with E-state index in [1.807, 2.05) is 30.3 Å².